The molecule has 0 aliphatic heterocycles. The monoisotopic (exact) mass is 416 g/mol. The summed E-state index contributed by atoms with van der Waals surface area (Å²) in [6.07, 6.45) is 9.88. The van der Waals surface area contributed by atoms with Crippen molar-refractivity contribution < 1.29 is 13.2 Å². The number of alkyl halides is 3. The summed E-state index contributed by atoms with van der Waals surface area (Å²) in [6, 6.07) is 8.46. The predicted molar refractivity (Wildman–Crippen MR) is 118 cm³/mol. The fourth-order valence-corrected chi connectivity index (χ4v) is 5.04. The lowest BCUT2D eigenvalue weighted by atomic mass is 9.78. The predicted octanol–water partition coefficient (Wildman–Crippen LogP) is 8.11. The molecule has 0 nitrogen and oxygen atoms in total. The minimum Gasteiger partial charge on any atom is -0.171 e. The van der Waals surface area contributed by atoms with Gasteiger partial charge in [0, 0.05) is 11.5 Å². The van der Waals surface area contributed by atoms with E-state index >= 15 is 0 Å². The van der Waals surface area contributed by atoms with Gasteiger partial charge in [0.15, 0.2) is 0 Å². The van der Waals surface area contributed by atoms with Gasteiger partial charge in [0.1, 0.15) is 0 Å². The molecular formula is C27H35F3. The second-order valence-electron chi connectivity index (χ2n) is 9.35. The molecule has 0 amide bonds. The third kappa shape index (κ3) is 7.22. The lowest BCUT2D eigenvalue weighted by molar-refractivity contribution is -0.182. The molecule has 164 valence electrons. The summed E-state index contributed by atoms with van der Waals surface area (Å²) in [7, 11) is 0. The highest BCUT2D eigenvalue weighted by molar-refractivity contribution is 5.36. The van der Waals surface area contributed by atoms with Crippen molar-refractivity contribution in [3.8, 4) is 11.8 Å². The highest BCUT2D eigenvalue weighted by Crippen LogP contribution is 2.39. The number of hydrogen-bond acceptors (Lipinski definition) is 0. The molecule has 0 radical (unpaired) electrons. The first-order valence-corrected chi connectivity index (χ1v) is 11.7. The van der Waals surface area contributed by atoms with E-state index in [4.69, 9.17) is 0 Å². The molecule has 0 spiro atoms. The van der Waals surface area contributed by atoms with Crippen LogP contribution in [0.5, 0.6) is 0 Å². The maximum atomic E-state index is 12.8. The molecule has 2 saturated carbocycles. The third-order valence-electron chi connectivity index (χ3n) is 7.15. The summed E-state index contributed by atoms with van der Waals surface area (Å²) in [6.45, 7) is 3.83. The summed E-state index contributed by atoms with van der Waals surface area (Å²) >= 11 is 0. The molecule has 1 aromatic rings. The van der Waals surface area contributed by atoms with E-state index in [1.807, 2.05) is 6.08 Å². The summed E-state index contributed by atoms with van der Waals surface area (Å²) in [5.74, 6) is 7.13. The molecule has 2 aliphatic rings. The van der Waals surface area contributed by atoms with Crippen LogP contribution in [-0.4, -0.2) is 6.18 Å². The van der Waals surface area contributed by atoms with Crippen LogP contribution in [0.15, 0.2) is 36.9 Å². The molecule has 0 N–H and O–H groups in total. The summed E-state index contributed by atoms with van der Waals surface area (Å²) in [4.78, 5) is 0. The van der Waals surface area contributed by atoms with Gasteiger partial charge in [-0.2, -0.15) is 13.2 Å². The standard InChI is InChI=1S/C27H35F3/c1-2-3-4-21-5-7-22(8-6-21)9-10-23-11-13-24(14-12-23)15-16-25-17-19-26(20-18-25)27(28,29)30/h2,11-14,21-22,25-26H,1,3-10,17-20H2/t21-,22-,25-,26-. The van der Waals surface area contributed by atoms with Crippen molar-refractivity contribution in [2.75, 3.05) is 0 Å². The van der Waals surface area contributed by atoms with Gasteiger partial charge in [0.25, 0.3) is 0 Å². The van der Waals surface area contributed by atoms with E-state index in [9.17, 15) is 13.2 Å². The normalized spacial score (nSPS) is 27.2. The smallest absolute Gasteiger partial charge is 0.171 e. The zero-order chi connectivity index (χ0) is 21.4. The van der Waals surface area contributed by atoms with Gasteiger partial charge in [-0.1, -0.05) is 55.7 Å². The Balaban J connectivity index is 1.39. The van der Waals surface area contributed by atoms with Gasteiger partial charge < -0.3 is 0 Å². The lowest BCUT2D eigenvalue weighted by Crippen LogP contribution is -2.27. The highest BCUT2D eigenvalue weighted by atomic mass is 19.4. The maximum Gasteiger partial charge on any atom is 0.391 e. The van der Waals surface area contributed by atoms with Crippen LogP contribution in [0.25, 0.3) is 0 Å². The molecule has 0 bridgehead atoms. The Morgan fingerprint density at radius 3 is 2.03 bits per heavy atom. The van der Waals surface area contributed by atoms with E-state index in [2.05, 4.69) is 42.7 Å². The molecular weight excluding hydrogens is 381 g/mol. The fraction of sp³-hybridized carbons (Fsp3) is 0.630. The Morgan fingerprint density at radius 1 is 0.867 bits per heavy atom. The van der Waals surface area contributed by atoms with E-state index in [0.717, 1.165) is 30.2 Å². The average molecular weight is 417 g/mol. The van der Waals surface area contributed by atoms with Gasteiger partial charge in [0.05, 0.1) is 5.92 Å². The topological polar surface area (TPSA) is 0 Å². The van der Waals surface area contributed by atoms with Crippen molar-refractivity contribution >= 4 is 0 Å². The van der Waals surface area contributed by atoms with E-state index in [1.54, 1.807) is 0 Å². The number of allylic oxidation sites excluding steroid dienone is 1. The van der Waals surface area contributed by atoms with Crippen LogP contribution in [0.2, 0.25) is 0 Å². The Kier molecular flexibility index (Phi) is 8.49. The van der Waals surface area contributed by atoms with Crippen LogP contribution in [0.3, 0.4) is 0 Å². The number of hydrogen-bond donors (Lipinski definition) is 0. The number of benzene rings is 1. The Hall–Kier alpha value is -1.69. The van der Waals surface area contributed by atoms with Crippen LogP contribution in [0, 0.1) is 35.5 Å². The van der Waals surface area contributed by atoms with Gasteiger partial charge >= 0.3 is 6.18 Å². The Morgan fingerprint density at radius 2 is 1.47 bits per heavy atom. The third-order valence-corrected chi connectivity index (χ3v) is 7.15. The Labute approximate surface area is 180 Å². The molecule has 0 saturated heterocycles. The maximum absolute atomic E-state index is 12.8. The van der Waals surface area contributed by atoms with Gasteiger partial charge in [-0.3, -0.25) is 0 Å². The number of halogens is 3. The molecule has 0 atom stereocenters. The van der Waals surface area contributed by atoms with Crippen LogP contribution >= 0.6 is 0 Å². The van der Waals surface area contributed by atoms with Crippen molar-refractivity contribution in [1.82, 2.24) is 0 Å². The average Bonchev–Trinajstić information content (AvgIpc) is 2.76. The van der Waals surface area contributed by atoms with Crippen LogP contribution in [0.4, 0.5) is 13.2 Å². The summed E-state index contributed by atoms with van der Waals surface area (Å²) in [5, 5.41) is 0. The van der Waals surface area contributed by atoms with E-state index in [0.29, 0.717) is 12.8 Å². The van der Waals surface area contributed by atoms with Gasteiger partial charge in [0.2, 0.25) is 0 Å². The minimum atomic E-state index is -4.04. The Bertz CT molecular complexity index is 703. The summed E-state index contributed by atoms with van der Waals surface area (Å²) < 4.78 is 38.3. The van der Waals surface area contributed by atoms with Gasteiger partial charge in [-0.05, 0) is 80.9 Å². The largest absolute Gasteiger partial charge is 0.391 e. The summed E-state index contributed by atoms with van der Waals surface area (Å²) in [5.41, 5.74) is 2.33. The SMILES string of the molecule is C=CCC[C@H]1CC[C@H](CCc2ccc(C#C[C@H]3CC[C@H](C(F)(F)F)CC3)cc2)CC1. The van der Waals surface area contributed by atoms with Crippen molar-refractivity contribution in [3.63, 3.8) is 0 Å². The lowest BCUT2D eigenvalue weighted by Gasteiger charge is -2.28. The van der Waals surface area contributed by atoms with E-state index in [1.165, 1.54) is 44.1 Å². The van der Waals surface area contributed by atoms with Crippen LogP contribution in [0.1, 0.15) is 81.8 Å². The molecule has 30 heavy (non-hydrogen) atoms. The first-order chi connectivity index (χ1) is 14.4. The van der Waals surface area contributed by atoms with Gasteiger partial charge in [-0.25, -0.2) is 0 Å². The molecule has 2 aliphatic carbocycles. The van der Waals surface area contributed by atoms with E-state index in [-0.39, 0.29) is 18.8 Å². The van der Waals surface area contributed by atoms with Crippen LogP contribution < -0.4 is 0 Å². The fourth-order valence-electron chi connectivity index (χ4n) is 5.04. The van der Waals surface area contributed by atoms with Crippen LogP contribution in [-0.2, 0) is 6.42 Å². The van der Waals surface area contributed by atoms with Crippen molar-refractivity contribution in [1.29, 1.82) is 0 Å². The molecule has 1 aromatic carbocycles. The van der Waals surface area contributed by atoms with Crippen molar-refractivity contribution in [2.24, 2.45) is 23.7 Å². The molecule has 2 fully saturated rings. The first kappa shape index (κ1) is 23.0. The second-order valence-corrected chi connectivity index (χ2v) is 9.35. The van der Waals surface area contributed by atoms with Crippen molar-refractivity contribution in [3.05, 3.63) is 48.0 Å². The highest BCUT2D eigenvalue weighted by Gasteiger charge is 2.41. The molecule has 0 unspecified atom stereocenters. The molecule has 3 rings (SSSR count). The first-order valence-electron chi connectivity index (χ1n) is 11.7. The molecule has 0 heterocycles. The zero-order valence-corrected chi connectivity index (χ0v) is 18.0. The van der Waals surface area contributed by atoms with E-state index < -0.39 is 12.1 Å². The minimum absolute atomic E-state index is 0.102. The molecule has 0 aromatic heterocycles. The van der Waals surface area contributed by atoms with Gasteiger partial charge in [-0.15, -0.1) is 6.58 Å². The second kappa shape index (κ2) is 11.1. The number of rotatable bonds is 6. The number of aryl methyl sites for hydroxylation is 1. The molecule has 3 heteroatoms. The van der Waals surface area contributed by atoms with Crippen molar-refractivity contribution in [2.45, 2.75) is 83.2 Å². The zero-order valence-electron chi connectivity index (χ0n) is 18.0. The quantitative estimate of drug-likeness (QED) is 0.324.